The lowest BCUT2D eigenvalue weighted by molar-refractivity contribution is 0.482. The van der Waals surface area contributed by atoms with Crippen molar-refractivity contribution >= 4 is 28.0 Å². The number of rotatable bonds is 4. The SMILES string of the molecule is Cc1cc(C)n(-c2cccc(Oc3ccc4c(c3)N(c3ccccn3)c3ccccc3S4=O)c2)n1. The molecule has 1 aliphatic heterocycles. The summed E-state index contributed by atoms with van der Waals surface area (Å²) in [7, 11) is -1.30. The van der Waals surface area contributed by atoms with Gasteiger partial charge in [-0.25, -0.2) is 13.9 Å². The molecule has 0 N–H and O–H groups in total. The van der Waals surface area contributed by atoms with Gasteiger partial charge in [0.15, 0.2) is 0 Å². The van der Waals surface area contributed by atoms with Gasteiger partial charge in [0.2, 0.25) is 0 Å². The van der Waals surface area contributed by atoms with Crippen molar-refractivity contribution in [1.82, 2.24) is 14.8 Å². The second-order valence-corrected chi connectivity index (χ2v) is 9.74. The summed E-state index contributed by atoms with van der Waals surface area (Å²) in [5.74, 6) is 2.09. The number of pyridine rings is 1. The Morgan fingerprint density at radius 3 is 2.37 bits per heavy atom. The third-order valence-electron chi connectivity index (χ3n) is 5.86. The van der Waals surface area contributed by atoms with Crippen molar-refractivity contribution < 1.29 is 8.95 Å². The van der Waals surface area contributed by atoms with Crippen LogP contribution in [0.15, 0.2) is 107 Å². The van der Waals surface area contributed by atoms with Crippen LogP contribution in [0.3, 0.4) is 0 Å². The van der Waals surface area contributed by atoms with Crippen LogP contribution in [0.5, 0.6) is 11.5 Å². The number of ether oxygens (including phenoxy) is 1. The first-order valence-corrected chi connectivity index (χ1v) is 12.4. The minimum atomic E-state index is -1.30. The van der Waals surface area contributed by atoms with Crippen molar-refractivity contribution in [3.63, 3.8) is 0 Å². The maximum absolute atomic E-state index is 13.4. The molecule has 1 unspecified atom stereocenters. The zero-order valence-corrected chi connectivity index (χ0v) is 20.1. The molecule has 172 valence electrons. The minimum Gasteiger partial charge on any atom is -0.457 e. The summed E-state index contributed by atoms with van der Waals surface area (Å²) in [4.78, 5) is 8.09. The maximum Gasteiger partial charge on any atom is 0.137 e. The summed E-state index contributed by atoms with van der Waals surface area (Å²) < 4.78 is 21.6. The van der Waals surface area contributed by atoms with Crippen LogP contribution < -0.4 is 9.64 Å². The van der Waals surface area contributed by atoms with Crippen molar-refractivity contribution in [3.05, 3.63) is 109 Å². The molecule has 0 spiro atoms. The summed E-state index contributed by atoms with van der Waals surface area (Å²) in [6.07, 6.45) is 1.76. The largest absolute Gasteiger partial charge is 0.457 e. The number of benzene rings is 3. The Morgan fingerprint density at radius 2 is 1.57 bits per heavy atom. The molecule has 35 heavy (non-hydrogen) atoms. The molecule has 0 aliphatic carbocycles. The van der Waals surface area contributed by atoms with Gasteiger partial charge < -0.3 is 4.74 Å². The standard InChI is InChI=1S/C28H22N4O2S/c1-19-16-20(2)32(30-19)21-8-7-9-22(17-21)34-23-13-14-27-25(18-23)31(28-12-5-6-15-29-28)24-10-3-4-11-26(24)35(27)33/h3-18H,1-2H3. The molecule has 6 nitrogen and oxygen atoms in total. The van der Waals surface area contributed by atoms with Gasteiger partial charge in [0.05, 0.1) is 43.3 Å². The topological polar surface area (TPSA) is 60.2 Å². The van der Waals surface area contributed by atoms with E-state index in [0.29, 0.717) is 11.5 Å². The van der Waals surface area contributed by atoms with Crippen LogP contribution in [0.2, 0.25) is 0 Å². The Hall–Kier alpha value is -4.23. The molecule has 5 aromatic rings. The molecular formula is C28H22N4O2S. The van der Waals surface area contributed by atoms with Crippen LogP contribution in [0.4, 0.5) is 17.2 Å². The van der Waals surface area contributed by atoms with Crippen LogP contribution in [0.1, 0.15) is 11.4 Å². The minimum absolute atomic E-state index is 0.645. The monoisotopic (exact) mass is 478 g/mol. The number of para-hydroxylation sites is 1. The van der Waals surface area contributed by atoms with Crippen LogP contribution in [-0.4, -0.2) is 19.0 Å². The van der Waals surface area contributed by atoms with E-state index in [1.54, 1.807) is 6.20 Å². The van der Waals surface area contributed by atoms with Crippen molar-refractivity contribution in [2.75, 3.05) is 4.90 Å². The lowest BCUT2D eigenvalue weighted by atomic mass is 10.2. The molecule has 0 saturated heterocycles. The van der Waals surface area contributed by atoms with Crippen LogP contribution in [0, 0.1) is 13.8 Å². The number of anilines is 3. The highest BCUT2D eigenvalue weighted by Crippen LogP contribution is 2.47. The number of hydrogen-bond donors (Lipinski definition) is 0. The van der Waals surface area contributed by atoms with Gasteiger partial charge in [0.25, 0.3) is 0 Å². The molecule has 0 radical (unpaired) electrons. The van der Waals surface area contributed by atoms with Crippen molar-refractivity contribution in [1.29, 1.82) is 0 Å². The lowest BCUT2D eigenvalue weighted by Gasteiger charge is -2.32. The zero-order valence-electron chi connectivity index (χ0n) is 19.3. The summed E-state index contributed by atoms with van der Waals surface area (Å²) in [5.41, 5.74) is 4.58. The quantitative estimate of drug-likeness (QED) is 0.285. The van der Waals surface area contributed by atoms with E-state index in [-0.39, 0.29) is 0 Å². The van der Waals surface area contributed by atoms with Crippen LogP contribution in [0.25, 0.3) is 5.69 Å². The Labute approximate surface area is 205 Å². The van der Waals surface area contributed by atoms with Gasteiger partial charge in [0, 0.05) is 24.0 Å². The molecule has 0 saturated carbocycles. The highest BCUT2D eigenvalue weighted by Gasteiger charge is 2.30. The average Bonchev–Trinajstić information content (AvgIpc) is 3.23. The smallest absolute Gasteiger partial charge is 0.137 e. The predicted octanol–water partition coefficient (Wildman–Crippen LogP) is 6.63. The fraction of sp³-hybridized carbons (Fsp3) is 0.0714. The Bertz CT molecular complexity index is 1580. The van der Waals surface area contributed by atoms with Crippen molar-refractivity contribution in [2.45, 2.75) is 23.6 Å². The molecule has 0 bridgehead atoms. The van der Waals surface area contributed by atoms with Gasteiger partial charge >= 0.3 is 0 Å². The van der Waals surface area contributed by atoms with Crippen LogP contribution in [-0.2, 0) is 10.8 Å². The second-order valence-electron chi connectivity index (χ2n) is 8.33. The van der Waals surface area contributed by atoms with Crippen LogP contribution >= 0.6 is 0 Å². The molecule has 3 heterocycles. The molecular weight excluding hydrogens is 456 g/mol. The van der Waals surface area contributed by atoms with E-state index in [4.69, 9.17) is 4.74 Å². The Morgan fingerprint density at radius 1 is 0.771 bits per heavy atom. The number of aryl methyl sites for hydroxylation is 2. The van der Waals surface area contributed by atoms with Crippen molar-refractivity contribution in [2.24, 2.45) is 0 Å². The number of nitrogens with zero attached hydrogens (tertiary/aromatic N) is 4. The van der Waals surface area contributed by atoms with Gasteiger partial charge in [-0.3, -0.25) is 4.90 Å². The predicted molar refractivity (Wildman–Crippen MR) is 137 cm³/mol. The molecule has 6 rings (SSSR count). The maximum atomic E-state index is 13.4. The fourth-order valence-electron chi connectivity index (χ4n) is 4.38. The highest BCUT2D eigenvalue weighted by atomic mass is 32.2. The molecule has 1 aliphatic rings. The van der Waals surface area contributed by atoms with Gasteiger partial charge in [0.1, 0.15) is 17.3 Å². The highest BCUT2D eigenvalue weighted by molar-refractivity contribution is 7.85. The Balaban J connectivity index is 1.41. The third-order valence-corrected chi connectivity index (χ3v) is 7.35. The van der Waals surface area contributed by atoms with Gasteiger partial charge in [-0.05, 0) is 68.4 Å². The Kier molecular flexibility index (Phi) is 5.19. The van der Waals surface area contributed by atoms with E-state index in [2.05, 4.69) is 10.1 Å². The lowest BCUT2D eigenvalue weighted by Crippen LogP contribution is -2.20. The van der Waals surface area contributed by atoms with E-state index in [1.807, 2.05) is 114 Å². The first-order valence-electron chi connectivity index (χ1n) is 11.3. The van der Waals surface area contributed by atoms with Crippen molar-refractivity contribution in [3.8, 4) is 17.2 Å². The van der Waals surface area contributed by atoms with E-state index >= 15 is 0 Å². The van der Waals surface area contributed by atoms with E-state index in [9.17, 15) is 4.21 Å². The number of aromatic nitrogens is 3. The normalized spacial score (nSPS) is 14.3. The van der Waals surface area contributed by atoms with Gasteiger partial charge in [-0.2, -0.15) is 5.10 Å². The van der Waals surface area contributed by atoms with E-state index in [1.165, 1.54) is 0 Å². The fourth-order valence-corrected chi connectivity index (χ4v) is 5.70. The summed E-state index contributed by atoms with van der Waals surface area (Å²) >= 11 is 0. The molecule has 2 aromatic heterocycles. The first kappa shape index (κ1) is 21.3. The number of hydrogen-bond acceptors (Lipinski definition) is 5. The number of fused-ring (bicyclic) bond motifs is 2. The second kappa shape index (κ2) is 8.52. The van der Waals surface area contributed by atoms with Gasteiger partial charge in [-0.1, -0.05) is 24.3 Å². The summed E-state index contributed by atoms with van der Waals surface area (Å²) in [6.45, 7) is 4.01. The molecule has 7 heteroatoms. The van der Waals surface area contributed by atoms with E-state index in [0.717, 1.165) is 44.1 Å². The molecule has 0 fully saturated rings. The average molecular weight is 479 g/mol. The summed E-state index contributed by atoms with van der Waals surface area (Å²) in [5, 5.41) is 4.57. The molecule has 1 atom stereocenters. The third kappa shape index (κ3) is 3.80. The first-order chi connectivity index (χ1) is 17.1. The van der Waals surface area contributed by atoms with Gasteiger partial charge in [-0.15, -0.1) is 0 Å². The molecule has 0 amide bonds. The summed E-state index contributed by atoms with van der Waals surface area (Å²) in [6, 6.07) is 29.0. The zero-order chi connectivity index (χ0) is 23.9. The van der Waals surface area contributed by atoms with E-state index < -0.39 is 10.8 Å². The molecule has 3 aromatic carbocycles.